The van der Waals surface area contributed by atoms with Gasteiger partial charge in [-0.05, 0) is 12.5 Å². The average Bonchev–Trinajstić information content (AvgIpc) is 2.41. The van der Waals surface area contributed by atoms with Gasteiger partial charge in [0.05, 0.1) is 13.7 Å². The molecule has 0 spiro atoms. The van der Waals surface area contributed by atoms with Gasteiger partial charge in [-0.3, -0.25) is 4.90 Å². The van der Waals surface area contributed by atoms with Crippen LogP contribution >= 0.6 is 0 Å². The van der Waals surface area contributed by atoms with E-state index in [4.69, 9.17) is 9.47 Å². The minimum Gasteiger partial charge on any atom is -0.467 e. The molecule has 1 unspecified atom stereocenters. The van der Waals surface area contributed by atoms with Crippen molar-refractivity contribution in [3.8, 4) is 0 Å². The fourth-order valence-corrected chi connectivity index (χ4v) is 2.12. The molecule has 0 aliphatic carbocycles. The van der Waals surface area contributed by atoms with Crippen molar-refractivity contribution in [2.75, 3.05) is 20.3 Å². The van der Waals surface area contributed by atoms with Crippen LogP contribution in [-0.2, 0) is 20.8 Å². The highest BCUT2D eigenvalue weighted by atomic mass is 16.6. The second kappa shape index (κ2) is 5.98. The molecule has 0 amide bonds. The van der Waals surface area contributed by atoms with Gasteiger partial charge in [0.25, 0.3) is 0 Å². The second-order valence-corrected chi connectivity index (χ2v) is 4.61. The summed E-state index contributed by atoms with van der Waals surface area (Å²) in [5, 5.41) is 0. The highest BCUT2D eigenvalue weighted by Crippen LogP contribution is 2.16. The van der Waals surface area contributed by atoms with Gasteiger partial charge >= 0.3 is 5.97 Å². The number of carbonyl (C=O) groups excluding carboxylic acids is 1. The molecule has 1 aliphatic rings. The number of nitrogens with zero attached hydrogens (tertiary/aromatic N) is 1. The normalized spacial score (nSPS) is 24.8. The van der Waals surface area contributed by atoms with E-state index in [0.29, 0.717) is 19.2 Å². The molecule has 2 rings (SSSR count). The molecule has 1 aliphatic heterocycles. The van der Waals surface area contributed by atoms with Crippen molar-refractivity contribution in [2.45, 2.75) is 25.6 Å². The fraction of sp³-hybridized carbons (Fsp3) is 0.500. The third-order valence-electron chi connectivity index (χ3n) is 3.25. The minimum absolute atomic E-state index is 0.292. The third-order valence-corrected chi connectivity index (χ3v) is 3.25. The Balaban J connectivity index is 2.00. The van der Waals surface area contributed by atoms with Crippen molar-refractivity contribution >= 4 is 5.97 Å². The van der Waals surface area contributed by atoms with E-state index in [0.717, 1.165) is 6.54 Å². The van der Waals surface area contributed by atoms with Crippen LogP contribution in [0, 0.1) is 0 Å². The van der Waals surface area contributed by atoms with Crippen molar-refractivity contribution in [3.63, 3.8) is 0 Å². The number of benzene rings is 1. The Bertz CT molecular complexity index is 393. The quantitative estimate of drug-likeness (QED) is 0.760. The molecule has 2 atom stereocenters. The Kier molecular flexibility index (Phi) is 4.33. The Morgan fingerprint density at radius 3 is 2.83 bits per heavy atom. The molecule has 0 radical (unpaired) electrons. The van der Waals surface area contributed by atoms with Gasteiger partial charge in [-0.2, -0.15) is 0 Å². The van der Waals surface area contributed by atoms with E-state index in [1.807, 2.05) is 18.2 Å². The summed E-state index contributed by atoms with van der Waals surface area (Å²) in [7, 11) is 1.39. The summed E-state index contributed by atoms with van der Waals surface area (Å²) < 4.78 is 10.2. The van der Waals surface area contributed by atoms with Crippen LogP contribution in [0.15, 0.2) is 30.3 Å². The first-order chi connectivity index (χ1) is 8.70. The number of rotatable bonds is 3. The van der Waals surface area contributed by atoms with E-state index in [2.05, 4.69) is 24.0 Å². The second-order valence-electron chi connectivity index (χ2n) is 4.61. The Morgan fingerprint density at radius 1 is 1.44 bits per heavy atom. The van der Waals surface area contributed by atoms with Crippen LogP contribution in [0.2, 0.25) is 0 Å². The van der Waals surface area contributed by atoms with Crippen LogP contribution in [0.5, 0.6) is 0 Å². The highest BCUT2D eigenvalue weighted by molar-refractivity contribution is 5.74. The van der Waals surface area contributed by atoms with Gasteiger partial charge in [0.15, 0.2) is 6.10 Å². The summed E-state index contributed by atoms with van der Waals surface area (Å²) in [4.78, 5) is 13.7. The Morgan fingerprint density at radius 2 is 2.17 bits per heavy atom. The first-order valence-corrected chi connectivity index (χ1v) is 6.18. The number of carbonyl (C=O) groups is 1. The molecule has 1 saturated heterocycles. The zero-order chi connectivity index (χ0) is 13.0. The first-order valence-electron chi connectivity index (χ1n) is 6.18. The van der Waals surface area contributed by atoms with Crippen molar-refractivity contribution in [2.24, 2.45) is 0 Å². The molecule has 18 heavy (non-hydrogen) atoms. The Labute approximate surface area is 107 Å². The summed E-state index contributed by atoms with van der Waals surface area (Å²) in [5.41, 5.74) is 1.25. The lowest BCUT2D eigenvalue weighted by atomic mass is 10.1. The Hall–Kier alpha value is -1.39. The van der Waals surface area contributed by atoms with Crippen LogP contribution < -0.4 is 0 Å². The largest absolute Gasteiger partial charge is 0.467 e. The molecule has 4 heteroatoms. The van der Waals surface area contributed by atoms with Crippen LogP contribution in [-0.4, -0.2) is 43.3 Å². The standard InChI is InChI=1S/C14H19NO3/c1-11-10-18-13(14(16)17-2)9-15(11)8-12-6-4-3-5-7-12/h3-7,11,13H,8-10H2,1-2H3/t11-,13?/m0/s1. The van der Waals surface area contributed by atoms with Gasteiger partial charge in [0.2, 0.25) is 0 Å². The van der Waals surface area contributed by atoms with Crippen LogP contribution in [0.4, 0.5) is 0 Å². The van der Waals surface area contributed by atoms with Crippen molar-refractivity contribution < 1.29 is 14.3 Å². The maximum absolute atomic E-state index is 11.5. The topological polar surface area (TPSA) is 38.8 Å². The molecule has 1 fully saturated rings. The van der Waals surface area contributed by atoms with Crippen LogP contribution in [0.25, 0.3) is 0 Å². The lowest BCUT2D eigenvalue weighted by molar-refractivity contribution is -0.163. The summed E-state index contributed by atoms with van der Waals surface area (Å²) in [6.07, 6.45) is -0.463. The predicted molar refractivity (Wildman–Crippen MR) is 68.1 cm³/mol. The number of hydrogen-bond acceptors (Lipinski definition) is 4. The molecule has 1 heterocycles. The van der Waals surface area contributed by atoms with E-state index >= 15 is 0 Å². The van der Waals surface area contributed by atoms with Crippen molar-refractivity contribution in [1.29, 1.82) is 0 Å². The molecule has 98 valence electrons. The van der Waals surface area contributed by atoms with Crippen LogP contribution in [0.3, 0.4) is 0 Å². The summed E-state index contributed by atoms with van der Waals surface area (Å²) in [6.45, 7) is 4.09. The van der Waals surface area contributed by atoms with Crippen molar-refractivity contribution in [3.05, 3.63) is 35.9 Å². The third kappa shape index (κ3) is 3.09. The van der Waals surface area contributed by atoms with E-state index in [9.17, 15) is 4.79 Å². The molecule has 1 aromatic carbocycles. The zero-order valence-electron chi connectivity index (χ0n) is 10.8. The summed E-state index contributed by atoms with van der Waals surface area (Å²) >= 11 is 0. The summed E-state index contributed by atoms with van der Waals surface area (Å²) in [5.74, 6) is -0.292. The van der Waals surface area contributed by atoms with E-state index in [1.165, 1.54) is 12.7 Å². The van der Waals surface area contributed by atoms with Gasteiger partial charge in [0.1, 0.15) is 0 Å². The number of methoxy groups -OCH3 is 1. The SMILES string of the molecule is COC(=O)C1CN(Cc2ccccc2)[C@@H](C)CO1. The van der Waals surface area contributed by atoms with E-state index in [1.54, 1.807) is 0 Å². The van der Waals surface area contributed by atoms with Crippen LogP contribution in [0.1, 0.15) is 12.5 Å². The lowest BCUT2D eigenvalue weighted by Crippen LogP contribution is -2.50. The van der Waals surface area contributed by atoms with Gasteiger partial charge in [-0.1, -0.05) is 30.3 Å². The number of ether oxygens (including phenoxy) is 2. The average molecular weight is 249 g/mol. The molecule has 0 saturated carbocycles. The molecular weight excluding hydrogens is 230 g/mol. The number of hydrogen-bond donors (Lipinski definition) is 0. The lowest BCUT2D eigenvalue weighted by Gasteiger charge is -2.36. The fourth-order valence-electron chi connectivity index (χ4n) is 2.12. The van der Waals surface area contributed by atoms with Gasteiger partial charge in [-0.15, -0.1) is 0 Å². The maximum atomic E-state index is 11.5. The minimum atomic E-state index is -0.463. The molecule has 0 bridgehead atoms. The predicted octanol–water partition coefficient (Wildman–Crippen LogP) is 1.45. The first kappa shape index (κ1) is 13.1. The molecule has 1 aromatic rings. The van der Waals surface area contributed by atoms with E-state index in [-0.39, 0.29) is 5.97 Å². The molecular formula is C14H19NO3. The zero-order valence-corrected chi connectivity index (χ0v) is 10.8. The highest BCUT2D eigenvalue weighted by Gasteiger charge is 2.31. The molecule has 0 aromatic heterocycles. The molecule has 4 nitrogen and oxygen atoms in total. The van der Waals surface area contributed by atoms with Gasteiger partial charge < -0.3 is 9.47 Å². The number of morpholine rings is 1. The monoisotopic (exact) mass is 249 g/mol. The maximum Gasteiger partial charge on any atom is 0.336 e. The summed E-state index contributed by atoms with van der Waals surface area (Å²) in [6, 6.07) is 10.6. The van der Waals surface area contributed by atoms with Crippen molar-refractivity contribution in [1.82, 2.24) is 4.90 Å². The smallest absolute Gasteiger partial charge is 0.336 e. The van der Waals surface area contributed by atoms with Gasteiger partial charge in [0, 0.05) is 19.1 Å². The number of esters is 1. The van der Waals surface area contributed by atoms with E-state index < -0.39 is 6.10 Å². The van der Waals surface area contributed by atoms with Gasteiger partial charge in [-0.25, -0.2) is 4.79 Å². The molecule has 0 N–H and O–H groups in total.